The Labute approximate surface area is 117 Å². The van der Waals surface area contributed by atoms with Gasteiger partial charge in [-0.2, -0.15) is 0 Å². The van der Waals surface area contributed by atoms with Crippen LogP contribution in [0.5, 0.6) is 5.88 Å². The minimum absolute atomic E-state index is 0.188. The van der Waals surface area contributed by atoms with Crippen molar-refractivity contribution in [3.8, 4) is 5.88 Å². The molecule has 1 saturated heterocycles. The topological polar surface area (TPSA) is 79.7 Å². The van der Waals surface area contributed by atoms with Crippen molar-refractivity contribution in [2.45, 2.75) is 19.8 Å². The lowest BCUT2D eigenvalue weighted by molar-refractivity contribution is -0.150. The molecule has 1 amide bonds. The van der Waals surface area contributed by atoms with Crippen molar-refractivity contribution < 1.29 is 19.4 Å². The second-order valence-electron chi connectivity index (χ2n) is 5.29. The van der Waals surface area contributed by atoms with Crippen LogP contribution in [0.1, 0.15) is 30.1 Å². The summed E-state index contributed by atoms with van der Waals surface area (Å²) >= 11 is 0. The number of carboxylic acid groups (broad SMARTS) is 1. The van der Waals surface area contributed by atoms with Crippen molar-refractivity contribution >= 4 is 11.9 Å². The van der Waals surface area contributed by atoms with E-state index in [9.17, 15) is 14.7 Å². The van der Waals surface area contributed by atoms with Gasteiger partial charge in [-0.3, -0.25) is 9.59 Å². The predicted molar refractivity (Wildman–Crippen MR) is 71.7 cm³/mol. The summed E-state index contributed by atoms with van der Waals surface area (Å²) in [5.41, 5.74) is -0.422. The maximum Gasteiger partial charge on any atom is 0.311 e. The molecule has 1 N–H and O–H groups in total. The third kappa shape index (κ3) is 2.74. The van der Waals surface area contributed by atoms with Crippen LogP contribution in [0.4, 0.5) is 0 Å². The smallest absolute Gasteiger partial charge is 0.311 e. The molecule has 1 aliphatic heterocycles. The first-order valence-corrected chi connectivity index (χ1v) is 6.49. The van der Waals surface area contributed by atoms with Gasteiger partial charge in [0.05, 0.1) is 18.1 Å². The molecule has 1 aromatic rings. The zero-order chi connectivity index (χ0) is 14.8. The van der Waals surface area contributed by atoms with Crippen LogP contribution in [0.25, 0.3) is 0 Å². The number of carbonyl (C=O) groups excluding carboxylic acids is 1. The van der Waals surface area contributed by atoms with E-state index in [1.54, 1.807) is 24.0 Å². The largest absolute Gasteiger partial charge is 0.481 e. The van der Waals surface area contributed by atoms with Gasteiger partial charge in [-0.1, -0.05) is 0 Å². The highest BCUT2D eigenvalue weighted by Crippen LogP contribution is 2.30. The fraction of sp³-hybridized carbons (Fsp3) is 0.500. The maximum atomic E-state index is 12.4. The molecule has 6 heteroatoms. The van der Waals surface area contributed by atoms with Crippen LogP contribution in [0.3, 0.4) is 0 Å². The molecule has 20 heavy (non-hydrogen) atoms. The summed E-state index contributed by atoms with van der Waals surface area (Å²) in [6.45, 7) is 2.49. The van der Waals surface area contributed by atoms with Crippen molar-refractivity contribution in [3.63, 3.8) is 0 Å². The lowest BCUT2D eigenvalue weighted by Gasteiger charge is -2.37. The lowest BCUT2D eigenvalue weighted by Crippen LogP contribution is -2.48. The van der Waals surface area contributed by atoms with E-state index in [0.29, 0.717) is 30.8 Å². The summed E-state index contributed by atoms with van der Waals surface area (Å²) in [6, 6.07) is 3.26. The van der Waals surface area contributed by atoms with Crippen LogP contribution in [0.2, 0.25) is 0 Å². The molecule has 1 fully saturated rings. The number of amides is 1. The minimum Gasteiger partial charge on any atom is -0.481 e. The number of carboxylic acids is 1. The summed E-state index contributed by atoms with van der Waals surface area (Å²) in [4.78, 5) is 29.2. The molecule has 2 rings (SSSR count). The van der Waals surface area contributed by atoms with Gasteiger partial charge in [0, 0.05) is 25.4 Å². The average molecular weight is 278 g/mol. The third-order valence-electron chi connectivity index (χ3n) is 3.69. The maximum absolute atomic E-state index is 12.4. The Kier molecular flexibility index (Phi) is 3.92. The average Bonchev–Trinajstić information content (AvgIpc) is 2.46. The van der Waals surface area contributed by atoms with Gasteiger partial charge < -0.3 is 14.7 Å². The number of pyridine rings is 1. The van der Waals surface area contributed by atoms with Crippen LogP contribution in [-0.4, -0.2) is 47.1 Å². The number of likely N-dealkylation sites (tertiary alicyclic amines) is 1. The number of nitrogens with zero attached hydrogens (tertiary/aromatic N) is 2. The molecular formula is C14H18N2O4. The van der Waals surface area contributed by atoms with Gasteiger partial charge in [0.15, 0.2) is 0 Å². The number of ether oxygens (including phenoxy) is 1. The molecule has 0 spiro atoms. The zero-order valence-corrected chi connectivity index (χ0v) is 11.6. The zero-order valence-electron chi connectivity index (χ0n) is 11.6. The normalized spacial score (nSPS) is 22.4. The highest BCUT2D eigenvalue weighted by molar-refractivity contribution is 5.94. The molecular weight excluding hydrogens is 260 g/mol. The van der Waals surface area contributed by atoms with Crippen LogP contribution in [-0.2, 0) is 4.79 Å². The first-order chi connectivity index (χ1) is 9.46. The Morgan fingerprint density at radius 3 is 2.75 bits per heavy atom. The van der Waals surface area contributed by atoms with Crippen molar-refractivity contribution in [1.82, 2.24) is 9.88 Å². The van der Waals surface area contributed by atoms with Crippen LogP contribution in [0, 0.1) is 5.41 Å². The summed E-state index contributed by atoms with van der Waals surface area (Å²) in [5, 5.41) is 9.27. The van der Waals surface area contributed by atoms with Crippen LogP contribution < -0.4 is 4.74 Å². The third-order valence-corrected chi connectivity index (χ3v) is 3.69. The fourth-order valence-electron chi connectivity index (χ4n) is 2.40. The van der Waals surface area contributed by atoms with E-state index in [1.807, 2.05) is 0 Å². The highest BCUT2D eigenvalue weighted by Gasteiger charge is 2.39. The van der Waals surface area contributed by atoms with Gasteiger partial charge in [-0.15, -0.1) is 0 Å². The van der Waals surface area contributed by atoms with E-state index in [-0.39, 0.29) is 12.5 Å². The SMILES string of the molecule is COc1ccc(C(=O)N2CCCC(C)(C(=O)O)C2)cn1. The van der Waals surface area contributed by atoms with Gasteiger partial charge >= 0.3 is 5.97 Å². The van der Waals surface area contributed by atoms with Crippen molar-refractivity contribution in [1.29, 1.82) is 0 Å². The summed E-state index contributed by atoms with van der Waals surface area (Å²) in [5.74, 6) is -0.606. The molecule has 2 heterocycles. The molecule has 0 radical (unpaired) electrons. The van der Waals surface area contributed by atoms with Gasteiger partial charge in [0.1, 0.15) is 0 Å². The molecule has 1 unspecified atom stereocenters. The van der Waals surface area contributed by atoms with Gasteiger partial charge in [-0.25, -0.2) is 4.98 Å². The molecule has 108 valence electrons. The number of aromatic nitrogens is 1. The molecule has 1 atom stereocenters. The number of hydrogen-bond donors (Lipinski definition) is 1. The van der Waals surface area contributed by atoms with E-state index in [0.717, 1.165) is 0 Å². The first-order valence-electron chi connectivity index (χ1n) is 6.49. The molecule has 0 aliphatic carbocycles. The van der Waals surface area contributed by atoms with E-state index < -0.39 is 11.4 Å². The number of hydrogen-bond acceptors (Lipinski definition) is 4. The Bertz CT molecular complexity index is 514. The van der Waals surface area contributed by atoms with Crippen LogP contribution >= 0.6 is 0 Å². The first kappa shape index (κ1) is 14.3. The number of rotatable bonds is 3. The van der Waals surface area contributed by atoms with Crippen LogP contribution in [0.15, 0.2) is 18.3 Å². The molecule has 1 aromatic heterocycles. The number of aliphatic carboxylic acids is 1. The molecule has 6 nitrogen and oxygen atoms in total. The Morgan fingerprint density at radius 1 is 1.45 bits per heavy atom. The summed E-state index contributed by atoms with van der Waals surface area (Å²) in [7, 11) is 1.51. The molecule has 1 aliphatic rings. The standard InChI is InChI=1S/C14H18N2O4/c1-14(13(18)19)6-3-7-16(9-14)12(17)10-4-5-11(20-2)15-8-10/h4-5,8H,3,6-7,9H2,1-2H3,(H,18,19). The van der Waals surface area contributed by atoms with Crippen molar-refractivity contribution in [2.24, 2.45) is 5.41 Å². The minimum atomic E-state index is -0.867. The van der Waals surface area contributed by atoms with Gasteiger partial charge in [-0.05, 0) is 25.8 Å². The van der Waals surface area contributed by atoms with Crippen molar-refractivity contribution in [2.75, 3.05) is 20.2 Å². The summed E-state index contributed by atoms with van der Waals surface area (Å²) in [6.07, 6.45) is 2.74. The molecule has 0 bridgehead atoms. The van der Waals surface area contributed by atoms with Gasteiger partial charge in [0.2, 0.25) is 5.88 Å². The Balaban J connectivity index is 2.14. The Morgan fingerprint density at radius 2 is 2.20 bits per heavy atom. The van der Waals surface area contributed by atoms with E-state index in [4.69, 9.17) is 4.74 Å². The molecule has 0 saturated carbocycles. The van der Waals surface area contributed by atoms with E-state index >= 15 is 0 Å². The van der Waals surface area contributed by atoms with E-state index in [2.05, 4.69) is 4.98 Å². The highest BCUT2D eigenvalue weighted by atomic mass is 16.5. The predicted octanol–water partition coefficient (Wildman–Crippen LogP) is 1.42. The number of methoxy groups -OCH3 is 1. The second kappa shape index (κ2) is 5.48. The monoisotopic (exact) mass is 278 g/mol. The lowest BCUT2D eigenvalue weighted by atomic mass is 9.82. The van der Waals surface area contributed by atoms with E-state index in [1.165, 1.54) is 13.3 Å². The van der Waals surface area contributed by atoms with Gasteiger partial charge in [0.25, 0.3) is 5.91 Å². The second-order valence-corrected chi connectivity index (χ2v) is 5.29. The Hall–Kier alpha value is -2.11. The number of carbonyl (C=O) groups is 2. The number of piperidine rings is 1. The molecule has 0 aromatic carbocycles. The van der Waals surface area contributed by atoms with Crippen molar-refractivity contribution in [3.05, 3.63) is 23.9 Å². The quantitative estimate of drug-likeness (QED) is 0.904. The summed E-state index contributed by atoms with van der Waals surface area (Å²) < 4.78 is 4.95. The fourth-order valence-corrected chi connectivity index (χ4v) is 2.40.